The van der Waals surface area contributed by atoms with Crippen molar-refractivity contribution >= 4 is 16.8 Å². The molecule has 3 aromatic rings. The molecule has 1 amide bonds. The Hall–Kier alpha value is -2.60. The van der Waals surface area contributed by atoms with Gasteiger partial charge in [0.25, 0.3) is 0 Å². The van der Waals surface area contributed by atoms with Crippen LogP contribution in [0.5, 0.6) is 0 Å². The van der Waals surface area contributed by atoms with E-state index in [1.807, 2.05) is 19.0 Å². The van der Waals surface area contributed by atoms with Gasteiger partial charge in [-0.05, 0) is 51.6 Å². The van der Waals surface area contributed by atoms with Crippen LogP contribution in [-0.4, -0.2) is 57.8 Å². The van der Waals surface area contributed by atoms with Crippen LogP contribution in [0.3, 0.4) is 0 Å². The molecule has 0 bridgehead atoms. The lowest BCUT2D eigenvalue weighted by Crippen LogP contribution is -2.37. The molecule has 6 nitrogen and oxygen atoms in total. The predicted octanol–water partition coefficient (Wildman–Crippen LogP) is 2.95. The molecule has 0 aliphatic carbocycles. The molecule has 2 heterocycles. The molecule has 0 aliphatic heterocycles. The van der Waals surface area contributed by atoms with Crippen molar-refractivity contribution in [2.24, 2.45) is 0 Å². The van der Waals surface area contributed by atoms with Crippen LogP contribution in [0, 0.1) is 20.8 Å². The van der Waals surface area contributed by atoms with E-state index in [2.05, 4.69) is 52.8 Å². The third-order valence-corrected chi connectivity index (χ3v) is 5.10. The number of fused-ring (bicyclic) bond motifs is 1. The zero-order chi connectivity index (χ0) is 19.6. The van der Waals surface area contributed by atoms with Gasteiger partial charge in [0.05, 0.1) is 25.0 Å². The van der Waals surface area contributed by atoms with Crippen molar-refractivity contribution in [2.75, 3.05) is 27.2 Å². The summed E-state index contributed by atoms with van der Waals surface area (Å²) in [5, 5.41) is 1.19. The summed E-state index contributed by atoms with van der Waals surface area (Å²) in [5.74, 6) is 0.136. The number of nitrogens with one attached hydrogen (secondary N) is 2. The van der Waals surface area contributed by atoms with Crippen molar-refractivity contribution in [3.05, 3.63) is 52.7 Å². The maximum Gasteiger partial charge on any atom is 0.227 e. The fraction of sp³-hybridized carbons (Fsp3) is 0.429. The number of rotatable bonds is 7. The molecule has 0 aliphatic rings. The molecule has 1 aromatic carbocycles. The van der Waals surface area contributed by atoms with Crippen LogP contribution < -0.4 is 0 Å². The van der Waals surface area contributed by atoms with E-state index >= 15 is 0 Å². The van der Waals surface area contributed by atoms with Crippen LogP contribution in [0.15, 0.2) is 24.7 Å². The van der Waals surface area contributed by atoms with Gasteiger partial charge in [-0.25, -0.2) is 4.98 Å². The highest BCUT2D eigenvalue weighted by molar-refractivity contribution is 5.93. The second-order valence-corrected chi connectivity index (χ2v) is 7.55. The Morgan fingerprint density at radius 1 is 1.11 bits per heavy atom. The first-order valence-corrected chi connectivity index (χ1v) is 9.34. The third kappa shape index (κ3) is 4.22. The highest BCUT2D eigenvalue weighted by Crippen LogP contribution is 2.28. The zero-order valence-corrected chi connectivity index (χ0v) is 16.9. The number of H-pyrrole nitrogens is 2. The van der Waals surface area contributed by atoms with E-state index in [-0.39, 0.29) is 5.91 Å². The van der Waals surface area contributed by atoms with E-state index in [1.165, 1.54) is 16.5 Å². The van der Waals surface area contributed by atoms with Gasteiger partial charge in [0.15, 0.2) is 0 Å². The summed E-state index contributed by atoms with van der Waals surface area (Å²) in [4.78, 5) is 27.9. The van der Waals surface area contributed by atoms with Crippen molar-refractivity contribution in [3.8, 4) is 0 Å². The van der Waals surface area contributed by atoms with Gasteiger partial charge < -0.3 is 19.8 Å². The first-order valence-electron chi connectivity index (χ1n) is 9.34. The number of hydrogen-bond donors (Lipinski definition) is 2. The molecule has 0 saturated heterocycles. The molecule has 27 heavy (non-hydrogen) atoms. The molecule has 6 heteroatoms. The molecule has 2 aromatic heterocycles. The molecule has 0 spiro atoms. The van der Waals surface area contributed by atoms with Gasteiger partial charge in [-0.15, -0.1) is 0 Å². The van der Waals surface area contributed by atoms with Crippen LogP contribution in [0.25, 0.3) is 10.9 Å². The number of carbonyl (C=O) groups is 1. The molecule has 0 radical (unpaired) electrons. The Bertz CT molecular complexity index is 924. The second-order valence-electron chi connectivity index (χ2n) is 7.55. The first kappa shape index (κ1) is 19.2. The van der Waals surface area contributed by atoms with E-state index in [0.717, 1.165) is 29.0 Å². The largest absolute Gasteiger partial charge is 0.358 e. The summed E-state index contributed by atoms with van der Waals surface area (Å²) in [6.45, 7) is 8.32. The van der Waals surface area contributed by atoms with E-state index in [1.54, 1.807) is 12.5 Å². The number of amides is 1. The number of likely N-dealkylation sites (N-methyl/N-ethyl adjacent to an activating group) is 1. The first-order chi connectivity index (χ1) is 12.9. The maximum atomic E-state index is 13.2. The topological polar surface area (TPSA) is 68.0 Å². The third-order valence-electron chi connectivity index (χ3n) is 5.10. The number of aryl methyl sites for hydroxylation is 3. The van der Waals surface area contributed by atoms with E-state index in [4.69, 9.17) is 0 Å². The molecule has 2 N–H and O–H groups in total. The second kappa shape index (κ2) is 7.96. The van der Waals surface area contributed by atoms with E-state index in [9.17, 15) is 4.79 Å². The van der Waals surface area contributed by atoms with Gasteiger partial charge in [0, 0.05) is 35.9 Å². The minimum absolute atomic E-state index is 0.136. The summed E-state index contributed by atoms with van der Waals surface area (Å²) in [6.07, 6.45) is 3.83. The van der Waals surface area contributed by atoms with Crippen LogP contribution >= 0.6 is 0 Å². The van der Waals surface area contributed by atoms with Crippen molar-refractivity contribution < 1.29 is 4.79 Å². The monoisotopic (exact) mass is 367 g/mol. The SMILES string of the molecule is Cc1[nH]c2c(C)ccc(C)c2c1CC(=O)N(CCN(C)C)Cc1cnc[nH]1. The number of nitrogens with zero attached hydrogens (tertiary/aromatic N) is 3. The van der Waals surface area contributed by atoms with Gasteiger partial charge in [0.1, 0.15) is 0 Å². The number of aromatic nitrogens is 3. The van der Waals surface area contributed by atoms with Crippen molar-refractivity contribution in [3.63, 3.8) is 0 Å². The fourth-order valence-corrected chi connectivity index (χ4v) is 3.48. The summed E-state index contributed by atoms with van der Waals surface area (Å²) in [6, 6.07) is 4.26. The lowest BCUT2D eigenvalue weighted by molar-refractivity contribution is -0.131. The lowest BCUT2D eigenvalue weighted by atomic mass is 10.0. The Balaban J connectivity index is 1.87. The van der Waals surface area contributed by atoms with Crippen LogP contribution in [-0.2, 0) is 17.8 Å². The normalized spacial score (nSPS) is 11.5. The minimum Gasteiger partial charge on any atom is -0.358 e. The number of benzene rings is 1. The van der Waals surface area contributed by atoms with E-state index < -0.39 is 0 Å². The molecule has 0 saturated carbocycles. The molecule has 3 rings (SSSR count). The Morgan fingerprint density at radius 2 is 1.85 bits per heavy atom. The quantitative estimate of drug-likeness (QED) is 0.675. The van der Waals surface area contributed by atoms with Crippen molar-refractivity contribution in [2.45, 2.75) is 33.7 Å². The minimum atomic E-state index is 0.136. The maximum absolute atomic E-state index is 13.2. The molecule has 0 unspecified atom stereocenters. The van der Waals surface area contributed by atoms with Crippen molar-refractivity contribution in [1.29, 1.82) is 0 Å². The van der Waals surface area contributed by atoms with Crippen LogP contribution in [0.1, 0.15) is 28.1 Å². The average Bonchev–Trinajstić information content (AvgIpc) is 3.24. The standard InChI is InChI=1S/C21H29N5O/c1-14-6-7-15(2)21-20(14)18(16(3)24-21)10-19(27)26(9-8-25(4)5)12-17-11-22-13-23-17/h6-7,11,13,24H,8-10,12H2,1-5H3,(H,22,23). The molecular weight excluding hydrogens is 338 g/mol. The fourth-order valence-electron chi connectivity index (χ4n) is 3.48. The highest BCUT2D eigenvalue weighted by Gasteiger charge is 2.20. The highest BCUT2D eigenvalue weighted by atomic mass is 16.2. The zero-order valence-electron chi connectivity index (χ0n) is 16.9. The molecule has 0 atom stereocenters. The number of carbonyl (C=O) groups excluding carboxylic acids is 1. The summed E-state index contributed by atoms with van der Waals surface area (Å²) in [5.41, 5.74) is 6.68. The van der Waals surface area contributed by atoms with Gasteiger partial charge in [0.2, 0.25) is 5.91 Å². The predicted molar refractivity (Wildman–Crippen MR) is 109 cm³/mol. The molecule has 144 valence electrons. The summed E-state index contributed by atoms with van der Waals surface area (Å²) >= 11 is 0. The Labute approximate surface area is 160 Å². The summed E-state index contributed by atoms with van der Waals surface area (Å²) in [7, 11) is 4.05. The number of hydrogen-bond acceptors (Lipinski definition) is 3. The lowest BCUT2D eigenvalue weighted by Gasteiger charge is -2.24. The van der Waals surface area contributed by atoms with E-state index in [0.29, 0.717) is 19.5 Å². The van der Waals surface area contributed by atoms with Gasteiger partial charge in [-0.1, -0.05) is 12.1 Å². The van der Waals surface area contributed by atoms with Crippen LogP contribution in [0.2, 0.25) is 0 Å². The van der Waals surface area contributed by atoms with Crippen LogP contribution in [0.4, 0.5) is 0 Å². The number of imidazole rings is 1. The number of aromatic amines is 2. The molecular formula is C21H29N5O. The Morgan fingerprint density at radius 3 is 2.52 bits per heavy atom. The van der Waals surface area contributed by atoms with Gasteiger partial charge in [-0.3, -0.25) is 4.79 Å². The average molecular weight is 367 g/mol. The summed E-state index contributed by atoms with van der Waals surface area (Å²) < 4.78 is 0. The molecule has 0 fully saturated rings. The van der Waals surface area contributed by atoms with Gasteiger partial charge in [-0.2, -0.15) is 0 Å². The van der Waals surface area contributed by atoms with Gasteiger partial charge >= 0.3 is 0 Å². The Kier molecular flexibility index (Phi) is 5.65. The smallest absolute Gasteiger partial charge is 0.227 e. The van der Waals surface area contributed by atoms with Crippen molar-refractivity contribution in [1.82, 2.24) is 24.8 Å².